The van der Waals surface area contributed by atoms with Gasteiger partial charge in [0, 0.05) is 23.7 Å². The number of anilines is 1. The largest absolute Gasteiger partial charge is 0.367 e. The third-order valence-corrected chi connectivity index (χ3v) is 4.27. The second-order valence-electron chi connectivity index (χ2n) is 5.54. The lowest BCUT2D eigenvalue weighted by molar-refractivity contribution is 0.375. The number of halogens is 1. The van der Waals surface area contributed by atoms with Gasteiger partial charge in [-0.2, -0.15) is 5.26 Å². The van der Waals surface area contributed by atoms with Crippen molar-refractivity contribution in [3.63, 3.8) is 0 Å². The van der Waals surface area contributed by atoms with Crippen LogP contribution in [0.15, 0.2) is 18.2 Å². The lowest BCUT2D eigenvalue weighted by Gasteiger charge is -2.38. The second kappa shape index (κ2) is 6.97. The Hall–Kier alpha value is -1.24. The smallest absolute Gasteiger partial charge is 0.101 e. The maximum Gasteiger partial charge on any atom is 0.101 e. The standard InChI is InChI=1S/C16H22ClN3/c1-2-9-20(15-6-4-14(19)5-7-15)16-8-3-13(17)10-12(16)11-18/h3,8,10,14-15H,2,4-7,9,19H2,1H3. The zero-order valence-electron chi connectivity index (χ0n) is 12.0. The molecule has 1 saturated carbocycles. The van der Waals surface area contributed by atoms with Gasteiger partial charge in [0.25, 0.3) is 0 Å². The number of nitrogens with zero attached hydrogens (tertiary/aromatic N) is 2. The third-order valence-electron chi connectivity index (χ3n) is 4.04. The first-order valence-electron chi connectivity index (χ1n) is 7.37. The van der Waals surface area contributed by atoms with E-state index in [1.54, 1.807) is 6.07 Å². The van der Waals surface area contributed by atoms with Crippen LogP contribution in [0.1, 0.15) is 44.6 Å². The lowest BCUT2D eigenvalue weighted by atomic mass is 9.90. The molecule has 0 amide bonds. The highest BCUT2D eigenvalue weighted by Gasteiger charge is 2.25. The summed E-state index contributed by atoms with van der Waals surface area (Å²) in [6, 6.07) is 8.71. The van der Waals surface area contributed by atoms with E-state index < -0.39 is 0 Å². The first kappa shape index (κ1) is 15.2. The van der Waals surface area contributed by atoms with Gasteiger partial charge in [0.1, 0.15) is 6.07 Å². The van der Waals surface area contributed by atoms with Crippen molar-refractivity contribution in [1.82, 2.24) is 0 Å². The Kier molecular flexibility index (Phi) is 5.28. The first-order valence-corrected chi connectivity index (χ1v) is 7.75. The molecule has 1 aliphatic rings. The van der Waals surface area contributed by atoms with Crippen LogP contribution < -0.4 is 10.6 Å². The number of rotatable bonds is 4. The Morgan fingerprint density at radius 2 is 2.05 bits per heavy atom. The van der Waals surface area contributed by atoms with Crippen molar-refractivity contribution in [3.05, 3.63) is 28.8 Å². The molecule has 1 aromatic rings. The molecule has 4 heteroatoms. The average molecular weight is 292 g/mol. The highest BCUT2D eigenvalue weighted by atomic mass is 35.5. The van der Waals surface area contributed by atoms with Gasteiger partial charge in [-0.15, -0.1) is 0 Å². The Bertz CT molecular complexity index is 487. The molecule has 0 aliphatic heterocycles. The zero-order valence-corrected chi connectivity index (χ0v) is 12.7. The maximum absolute atomic E-state index is 9.35. The normalized spacial score (nSPS) is 22.3. The number of benzene rings is 1. The molecule has 1 fully saturated rings. The van der Waals surface area contributed by atoms with Crippen LogP contribution in [0.4, 0.5) is 5.69 Å². The van der Waals surface area contributed by atoms with Crippen LogP contribution in [-0.4, -0.2) is 18.6 Å². The molecule has 0 saturated heterocycles. The van der Waals surface area contributed by atoms with Gasteiger partial charge in [-0.1, -0.05) is 18.5 Å². The topological polar surface area (TPSA) is 53.0 Å². The summed E-state index contributed by atoms with van der Waals surface area (Å²) >= 11 is 6.00. The molecule has 0 radical (unpaired) electrons. The van der Waals surface area contributed by atoms with Crippen LogP contribution in [0.2, 0.25) is 5.02 Å². The minimum Gasteiger partial charge on any atom is -0.367 e. The van der Waals surface area contributed by atoms with E-state index in [0.717, 1.165) is 44.3 Å². The second-order valence-corrected chi connectivity index (χ2v) is 5.97. The SMILES string of the molecule is CCCN(c1ccc(Cl)cc1C#N)C1CCC(N)CC1. The summed E-state index contributed by atoms with van der Waals surface area (Å²) in [5.41, 5.74) is 7.68. The van der Waals surface area contributed by atoms with Crippen LogP contribution in [0, 0.1) is 11.3 Å². The molecule has 1 aromatic carbocycles. The molecular weight excluding hydrogens is 270 g/mol. The highest BCUT2D eigenvalue weighted by Crippen LogP contribution is 2.30. The maximum atomic E-state index is 9.35. The Labute approximate surface area is 126 Å². The molecule has 108 valence electrons. The summed E-state index contributed by atoms with van der Waals surface area (Å²) in [5, 5.41) is 9.96. The molecule has 0 heterocycles. The molecule has 0 aromatic heterocycles. The molecular formula is C16H22ClN3. The lowest BCUT2D eigenvalue weighted by Crippen LogP contribution is -2.41. The summed E-state index contributed by atoms with van der Waals surface area (Å²) in [6.07, 6.45) is 5.42. The fraction of sp³-hybridized carbons (Fsp3) is 0.562. The molecule has 0 spiro atoms. The molecule has 1 aliphatic carbocycles. The van der Waals surface area contributed by atoms with Crippen molar-refractivity contribution >= 4 is 17.3 Å². The Balaban J connectivity index is 2.26. The van der Waals surface area contributed by atoms with Gasteiger partial charge in [-0.25, -0.2) is 0 Å². The van der Waals surface area contributed by atoms with Crippen molar-refractivity contribution in [3.8, 4) is 6.07 Å². The number of hydrogen-bond donors (Lipinski definition) is 1. The van der Waals surface area contributed by atoms with Crippen LogP contribution in [0.25, 0.3) is 0 Å². The molecule has 0 bridgehead atoms. The van der Waals surface area contributed by atoms with E-state index >= 15 is 0 Å². The van der Waals surface area contributed by atoms with Crippen molar-refractivity contribution < 1.29 is 0 Å². The monoisotopic (exact) mass is 291 g/mol. The third kappa shape index (κ3) is 3.45. The quantitative estimate of drug-likeness (QED) is 0.920. The Morgan fingerprint density at radius 1 is 1.35 bits per heavy atom. The van der Waals surface area contributed by atoms with Crippen LogP contribution in [-0.2, 0) is 0 Å². The number of nitrogens with two attached hydrogens (primary N) is 1. The fourth-order valence-electron chi connectivity index (χ4n) is 3.00. The van der Waals surface area contributed by atoms with Crippen molar-refractivity contribution in [2.45, 2.75) is 51.1 Å². The molecule has 20 heavy (non-hydrogen) atoms. The van der Waals surface area contributed by atoms with Gasteiger partial charge < -0.3 is 10.6 Å². The van der Waals surface area contributed by atoms with E-state index in [4.69, 9.17) is 17.3 Å². The van der Waals surface area contributed by atoms with Gasteiger partial charge >= 0.3 is 0 Å². The first-order chi connectivity index (χ1) is 9.65. The average Bonchev–Trinajstić information content (AvgIpc) is 2.46. The fourth-order valence-corrected chi connectivity index (χ4v) is 3.17. The summed E-state index contributed by atoms with van der Waals surface area (Å²) in [4.78, 5) is 2.38. The van der Waals surface area contributed by atoms with Crippen molar-refractivity contribution in [2.75, 3.05) is 11.4 Å². The van der Waals surface area contributed by atoms with E-state index in [1.807, 2.05) is 12.1 Å². The van der Waals surface area contributed by atoms with Gasteiger partial charge in [0.05, 0.1) is 11.3 Å². The highest BCUT2D eigenvalue weighted by molar-refractivity contribution is 6.30. The summed E-state index contributed by atoms with van der Waals surface area (Å²) in [7, 11) is 0. The van der Waals surface area contributed by atoms with Gasteiger partial charge in [0.15, 0.2) is 0 Å². The molecule has 2 rings (SSSR count). The van der Waals surface area contributed by atoms with E-state index in [1.165, 1.54) is 0 Å². The summed E-state index contributed by atoms with van der Waals surface area (Å²) in [5.74, 6) is 0. The van der Waals surface area contributed by atoms with E-state index in [0.29, 0.717) is 22.7 Å². The molecule has 3 nitrogen and oxygen atoms in total. The van der Waals surface area contributed by atoms with Gasteiger partial charge in [-0.3, -0.25) is 0 Å². The van der Waals surface area contributed by atoms with Crippen LogP contribution >= 0.6 is 11.6 Å². The predicted octanol–water partition coefficient (Wildman–Crippen LogP) is 3.70. The number of nitriles is 1. The van der Waals surface area contributed by atoms with Crippen LogP contribution in [0.3, 0.4) is 0 Å². The van der Waals surface area contributed by atoms with Crippen LogP contribution in [0.5, 0.6) is 0 Å². The van der Waals surface area contributed by atoms with Gasteiger partial charge in [-0.05, 0) is 50.3 Å². The van der Waals surface area contributed by atoms with Gasteiger partial charge in [0.2, 0.25) is 0 Å². The zero-order chi connectivity index (χ0) is 14.5. The minimum atomic E-state index is 0.343. The summed E-state index contributed by atoms with van der Waals surface area (Å²) < 4.78 is 0. The summed E-state index contributed by atoms with van der Waals surface area (Å²) in [6.45, 7) is 3.14. The predicted molar refractivity (Wildman–Crippen MR) is 84.0 cm³/mol. The van der Waals surface area contributed by atoms with E-state index in [9.17, 15) is 5.26 Å². The van der Waals surface area contributed by atoms with Crippen molar-refractivity contribution in [2.24, 2.45) is 5.73 Å². The van der Waals surface area contributed by atoms with E-state index in [2.05, 4.69) is 17.9 Å². The Morgan fingerprint density at radius 3 is 2.65 bits per heavy atom. The number of hydrogen-bond acceptors (Lipinski definition) is 3. The molecule has 0 unspecified atom stereocenters. The van der Waals surface area contributed by atoms with Crippen molar-refractivity contribution in [1.29, 1.82) is 5.26 Å². The molecule has 0 atom stereocenters. The van der Waals surface area contributed by atoms with E-state index in [-0.39, 0.29) is 0 Å². The molecule has 2 N–H and O–H groups in total. The minimum absolute atomic E-state index is 0.343.